The second-order valence-electron chi connectivity index (χ2n) is 7.31. The van der Waals surface area contributed by atoms with E-state index in [1.165, 1.54) is 25.1 Å². The smallest absolute Gasteiger partial charge is 0.247 e. The number of phenolic OH excluding ortho intramolecular Hbond substituents is 2. The highest BCUT2D eigenvalue weighted by molar-refractivity contribution is 6.37. The zero-order valence-corrected chi connectivity index (χ0v) is 16.9. The van der Waals surface area contributed by atoms with Crippen LogP contribution in [-0.2, 0) is 15.0 Å². The van der Waals surface area contributed by atoms with Gasteiger partial charge in [0.15, 0.2) is 5.75 Å². The Kier molecular flexibility index (Phi) is 5.12. The molecule has 2 aromatic rings. The van der Waals surface area contributed by atoms with E-state index in [4.69, 9.17) is 23.2 Å². The maximum absolute atomic E-state index is 12.2. The number of fused-ring (bicyclic) bond motifs is 1. The zero-order chi connectivity index (χ0) is 20.8. The largest absolute Gasteiger partial charge is 0.505 e. The first-order valence-corrected chi connectivity index (χ1v) is 9.20. The summed E-state index contributed by atoms with van der Waals surface area (Å²) in [5, 5.41) is 24.1. The highest BCUT2D eigenvalue weighted by Crippen LogP contribution is 2.37. The molecule has 1 aliphatic heterocycles. The lowest BCUT2D eigenvalue weighted by Gasteiger charge is -2.28. The minimum absolute atomic E-state index is 0.0711. The van der Waals surface area contributed by atoms with E-state index in [0.29, 0.717) is 21.7 Å². The molecular weight excluding hydrogens is 403 g/mol. The zero-order valence-electron chi connectivity index (χ0n) is 15.4. The number of carbonyl (C=O) groups is 2. The van der Waals surface area contributed by atoms with Gasteiger partial charge in [-0.3, -0.25) is 9.59 Å². The summed E-state index contributed by atoms with van der Waals surface area (Å²) in [5.74, 6) is -1.00. The van der Waals surface area contributed by atoms with Crippen molar-refractivity contribution in [3.8, 4) is 11.5 Å². The summed E-state index contributed by atoms with van der Waals surface area (Å²) in [5.41, 5.74) is 0.562. The van der Waals surface area contributed by atoms with Gasteiger partial charge >= 0.3 is 0 Å². The van der Waals surface area contributed by atoms with Crippen LogP contribution < -0.4 is 15.9 Å². The average molecular weight is 421 g/mol. The monoisotopic (exact) mass is 420 g/mol. The number of nitrogens with one attached hydrogen (secondary N) is 1. The quantitative estimate of drug-likeness (QED) is 0.650. The van der Waals surface area contributed by atoms with Gasteiger partial charge in [-0.05, 0) is 29.8 Å². The minimum Gasteiger partial charge on any atom is -0.505 e. The van der Waals surface area contributed by atoms with Gasteiger partial charge in [-0.1, -0.05) is 37.0 Å². The van der Waals surface area contributed by atoms with Crippen LogP contribution in [0.4, 0.5) is 5.69 Å². The van der Waals surface area contributed by atoms with Crippen LogP contribution in [0.15, 0.2) is 23.2 Å². The number of hydrogen-bond donors (Lipinski definition) is 3. The Morgan fingerprint density at radius 3 is 2.36 bits per heavy atom. The first kappa shape index (κ1) is 20.2. The van der Waals surface area contributed by atoms with E-state index in [-0.39, 0.29) is 45.5 Å². The van der Waals surface area contributed by atoms with E-state index in [2.05, 4.69) is 10.3 Å². The number of rotatable bonds is 2. The van der Waals surface area contributed by atoms with Gasteiger partial charge < -0.3 is 15.5 Å². The number of hydrogen-bond acceptors (Lipinski definition) is 4. The van der Waals surface area contributed by atoms with E-state index in [1.807, 2.05) is 13.8 Å². The van der Waals surface area contributed by atoms with Crippen LogP contribution in [0.3, 0.4) is 0 Å². The van der Waals surface area contributed by atoms with Gasteiger partial charge in [0.05, 0.1) is 21.1 Å². The summed E-state index contributed by atoms with van der Waals surface area (Å²) in [4.78, 5) is 27.9. The summed E-state index contributed by atoms with van der Waals surface area (Å²) < 4.78 is 0. The molecule has 0 aromatic heterocycles. The Hall–Kier alpha value is -2.57. The summed E-state index contributed by atoms with van der Waals surface area (Å²) in [6, 6.07) is 4.55. The maximum Gasteiger partial charge on any atom is 0.247 e. The molecule has 1 aliphatic rings. The number of nitrogens with zero attached hydrogens (tertiary/aromatic N) is 1. The summed E-state index contributed by atoms with van der Waals surface area (Å²) in [6.07, 6.45) is 1.80. The van der Waals surface area contributed by atoms with Gasteiger partial charge in [-0.2, -0.15) is 0 Å². The number of phenols is 2. The van der Waals surface area contributed by atoms with Crippen molar-refractivity contribution < 1.29 is 19.8 Å². The second-order valence-corrected chi connectivity index (χ2v) is 8.12. The fourth-order valence-electron chi connectivity index (χ4n) is 3.32. The molecule has 1 heterocycles. The standard InChI is InChI=1S/C20H18Cl2N2O4/c1-9(25)23-14-7-11(4-10-5-12(21)18(27)13(22)6-10)17-16(19(14)28)20(2,3)8-15(26)24-17/h4-7,27-28H,8H2,1-3H3,(H,23,25)/b11-4-. The van der Waals surface area contributed by atoms with Gasteiger partial charge in [-0.15, -0.1) is 0 Å². The van der Waals surface area contributed by atoms with Gasteiger partial charge in [0, 0.05) is 29.5 Å². The molecule has 0 saturated heterocycles. The van der Waals surface area contributed by atoms with E-state index in [0.717, 1.165) is 0 Å². The summed E-state index contributed by atoms with van der Waals surface area (Å²) >= 11 is 12.0. The Bertz CT molecular complexity index is 1120. The highest BCUT2D eigenvalue weighted by atomic mass is 35.5. The van der Waals surface area contributed by atoms with Crippen LogP contribution in [0.1, 0.15) is 38.3 Å². The molecule has 2 amide bonds. The van der Waals surface area contributed by atoms with Crippen molar-refractivity contribution in [3.05, 3.63) is 49.9 Å². The number of anilines is 1. The number of amides is 2. The molecule has 0 aliphatic carbocycles. The Balaban J connectivity index is 2.41. The van der Waals surface area contributed by atoms with Crippen molar-refractivity contribution in [2.75, 3.05) is 5.32 Å². The van der Waals surface area contributed by atoms with E-state index >= 15 is 0 Å². The van der Waals surface area contributed by atoms with E-state index < -0.39 is 5.41 Å². The van der Waals surface area contributed by atoms with Crippen LogP contribution in [0.5, 0.6) is 11.5 Å². The van der Waals surface area contributed by atoms with Crippen LogP contribution in [0, 0.1) is 0 Å². The van der Waals surface area contributed by atoms with Crippen molar-refractivity contribution in [2.24, 2.45) is 4.99 Å². The molecule has 6 nitrogen and oxygen atoms in total. The lowest BCUT2D eigenvalue weighted by Crippen LogP contribution is -2.42. The van der Waals surface area contributed by atoms with Crippen molar-refractivity contribution in [3.63, 3.8) is 0 Å². The molecular formula is C20H18Cl2N2O4. The number of benzene rings is 2. The molecule has 3 N–H and O–H groups in total. The average Bonchev–Trinajstić information content (AvgIpc) is 2.54. The SMILES string of the molecule is CC(=O)Nc1c/c(=C/c2cc(Cl)c(O)c(Cl)c2)c2c(c1O)C(C)(C)CC(=O)N=2. The van der Waals surface area contributed by atoms with Crippen molar-refractivity contribution in [2.45, 2.75) is 32.6 Å². The maximum atomic E-state index is 12.2. The number of halogens is 2. The molecule has 146 valence electrons. The molecule has 8 heteroatoms. The number of carbonyl (C=O) groups excluding carboxylic acids is 2. The van der Waals surface area contributed by atoms with Crippen LogP contribution in [0.25, 0.3) is 6.08 Å². The van der Waals surface area contributed by atoms with Gasteiger partial charge in [0.25, 0.3) is 0 Å². The van der Waals surface area contributed by atoms with Gasteiger partial charge in [0.1, 0.15) is 5.75 Å². The van der Waals surface area contributed by atoms with Gasteiger partial charge in [0.2, 0.25) is 11.8 Å². The fraction of sp³-hybridized carbons (Fsp3) is 0.250. The predicted molar refractivity (Wildman–Crippen MR) is 108 cm³/mol. The Morgan fingerprint density at radius 1 is 1.18 bits per heavy atom. The molecule has 0 atom stereocenters. The molecule has 0 bridgehead atoms. The van der Waals surface area contributed by atoms with Crippen molar-refractivity contribution >= 4 is 46.8 Å². The summed E-state index contributed by atoms with van der Waals surface area (Å²) in [7, 11) is 0. The van der Waals surface area contributed by atoms with Gasteiger partial charge in [-0.25, -0.2) is 4.99 Å². The van der Waals surface area contributed by atoms with Crippen LogP contribution in [0.2, 0.25) is 10.0 Å². The molecule has 0 unspecified atom stereocenters. The number of aromatic hydroxyl groups is 2. The summed E-state index contributed by atoms with van der Waals surface area (Å²) in [6.45, 7) is 4.99. The first-order chi connectivity index (χ1) is 13.0. The lowest BCUT2D eigenvalue weighted by atomic mass is 9.78. The molecule has 0 radical (unpaired) electrons. The predicted octanol–water partition coefficient (Wildman–Crippen LogP) is 3.02. The third-order valence-electron chi connectivity index (χ3n) is 4.48. The second kappa shape index (κ2) is 7.11. The molecule has 2 aromatic carbocycles. The minimum atomic E-state index is -0.681. The lowest BCUT2D eigenvalue weighted by molar-refractivity contribution is -0.119. The Morgan fingerprint density at radius 2 is 1.79 bits per heavy atom. The third-order valence-corrected chi connectivity index (χ3v) is 5.06. The molecule has 0 fully saturated rings. The molecule has 0 saturated carbocycles. The van der Waals surface area contributed by atoms with Crippen molar-refractivity contribution in [1.29, 1.82) is 0 Å². The highest BCUT2D eigenvalue weighted by Gasteiger charge is 2.33. The molecule has 28 heavy (non-hydrogen) atoms. The normalized spacial score (nSPS) is 15.8. The Labute approximate surface area is 171 Å². The fourth-order valence-corrected chi connectivity index (χ4v) is 3.82. The van der Waals surface area contributed by atoms with Crippen molar-refractivity contribution in [1.82, 2.24) is 0 Å². The van der Waals surface area contributed by atoms with E-state index in [1.54, 1.807) is 6.08 Å². The van der Waals surface area contributed by atoms with E-state index in [9.17, 15) is 19.8 Å². The topological polar surface area (TPSA) is 99.0 Å². The van der Waals surface area contributed by atoms with Crippen LogP contribution in [-0.4, -0.2) is 22.0 Å². The third kappa shape index (κ3) is 3.70. The molecule has 0 spiro atoms. The van der Waals surface area contributed by atoms with Crippen LogP contribution >= 0.6 is 23.2 Å². The molecule has 3 rings (SSSR count). The first-order valence-electron chi connectivity index (χ1n) is 8.45.